The predicted octanol–water partition coefficient (Wildman–Crippen LogP) is 4.17. The number of hydrogen-bond donors (Lipinski definition) is 2. The van der Waals surface area contributed by atoms with Crippen LogP contribution >= 0.6 is 0 Å². The lowest BCUT2D eigenvalue weighted by molar-refractivity contribution is 0.627. The van der Waals surface area contributed by atoms with Crippen LogP contribution in [0.4, 0.5) is 5.69 Å². The summed E-state index contributed by atoms with van der Waals surface area (Å²) in [5.74, 6) is 1.54. The van der Waals surface area contributed by atoms with Gasteiger partial charge in [0.2, 0.25) is 0 Å². The van der Waals surface area contributed by atoms with Gasteiger partial charge in [-0.3, -0.25) is 4.68 Å². The summed E-state index contributed by atoms with van der Waals surface area (Å²) in [5, 5.41) is 7.72. The molecule has 27 heavy (non-hydrogen) atoms. The van der Waals surface area contributed by atoms with Gasteiger partial charge in [0.05, 0.1) is 11.9 Å². The van der Waals surface area contributed by atoms with Crippen LogP contribution in [0.15, 0.2) is 48.9 Å². The smallest absolute Gasteiger partial charge is 0.159 e. The summed E-state index contributed by atoms with van der Waals surface area (Å²) in [4.78, 5) is 12.5. The number of H-pyrrole nitrogens is 1. The van der Waals surface area contributed by atoms with Crippen LogP contribution in [0, 0.1) is 5.92 Å². The number of rotatable bonds is 6. The molecular formula is C21H24N6. The molecule has 0 amide bonds. The SMILES string of the molecule is CC(C)Cc1nc2c(NCc3ccc(-c4cnn(C)c4)cc3)ccnc2[nH]1. The zero-order valence-electron chi connectivity index (χ0n) is 15.9. The molecule has 4 rings (SSSR count). The van der Waals surface area contributed by atoms with Crippen LogP contribution in [0.25, 0.3) is 22.3 Å². The molecule has 1 aromatic carbocycles. The Morgan fingerprint density at radius 3 is 2.63 bits per heavy atom. The van der Waals surface area contributed by atoms with Crippen LogP contribution in [0.2, 0.25) is 0 Å². The van der Waals surface area contributed by atoms with Crippen molar-refractivity contribution in [2.75, 3.05) is 5.32 Å². The number of nitrogens with zero attached hydrogens (tertiary/aromatic N) is 4. The molecule has 0 aliphatic carbocycles. The summed E-state index contributed by atoms with van der Waals surface area (Å²) in [7, 11) is 1.93. The standard InChI is InChI=1S/C21H24N6/c1-14(2)10-19-25-20-18(8-9-22-21(20)26-19)23-11-15-4-6-16(7-5-15)17-12-24-27(3)13-17/h4-9,12-14H,10-11H2,1-3H3,(H2,22,23,25,26). The molecule has 4 aromatic rings. The van der Waals surface area contributed by atoms with Crippen molar-refractivity contribution in [3.05, 3.63) is 60.3 Å². The molecule has 0 unspecified atom stereocenters. The van der Waals surface area contributed by atoms with E-state index in [2.05, 4.69) is 58.5 Å². The first-order chi connectivity index (χ1) is 13.1. The van der Waals surface area contributed by atoms with Crippen molar-refractivity contribution in [3.8, 4) is 11.1 Å². The number of aryl methyl sites for hydroxylation is 1. The van der Waals surface area contributed by atoms with Crippen LogP contribution in [0.5, 0.6) is 0 Å². The molecule has 0 bridgehead atoms. The molecule has 0 fully saturated rings. The van der Waals surface area contributed by atoms with Crippen molar-refractivity contribution in [1.82, 2.24) is 24.7 Å². The van der Waals surface area contributed by atoms with Gasteiger partial charge in [-0.25, -0.2) is 9.97 Å². The lowest BCUT2D eigenvalue weighted by atomic mass is 10.1. The number of imidazole rings is 1. The maximum Gasteiger partial charge on any atom is 0.159 e. The monoisotopic (exact) mass is 360 g/mol. The number of fused-ring (bicyclic) bond motifs is 1. The first-order valence-corrected chi connectivity index (χ1v) is 9.24. The normalized spacial score (nSPS) is 11.4. The van der Waals surface area contributed by atoms with E-state index in [0.29, 0.717) is 5.92 Å². The van der Waals surface area contributed by atoms with Gasteiger partial charge in [-0.1, -0.05) is 38.1 Å². The van der Waals surface area contributed by atoms with Gasteiger partial charge in [0.15, 0.2) is 5.65 Å². The van der Waals surface area contributed by atoms with Crippen molar-refractivity contribution in [2.24, 2.45) is 13.0 Å². The van der Waals surface area contributed by atoms with Crippen LogP contribution in [-0.2, 0) is 20.0 Å². The maximum absolute atomic E-state index is 4.73. The van der Waals surface area contributed by atoms with Gasteiger partial charge in [0, 0.05) is 38.0 Å². The molecule has 0 spiro atoms. The highest BCUT2D eigenvalue weighted by Gasteiger charge is 2.10. The zero-order chi connectivity index (χ0) is 18.8. The van der Waals surface area contributed by atoms with E-state index in [0.717, 1.165) is 41.2 Å². The second kappa shape index (κ2) is 7.23. The van der Waals surface area contributed by atoms with E-state index in [4.69, 9.17) is 4.98 Å². The second-order valence-electron chi connectivity index (χ2n) is 7.29. The average Bonchev–Trinajstić information content (AvgIpc) is 3.25. The Balaban J connectivity index is 1.49. The zero-order valence-corrected chi connectivity index (χ0v) is 15.9. The summed E-state index contributed by atoms with van der Waals surface area (Å²) in [6.07, 6.45) is 6.64. The molecular weight excluding hydrogens is 336 g/mol. The molecule has 0 saturated heterocycles. The van der Waals surface area contributed by atoms with Gasteiger partial charge >= 0.3 is 0 Å². The number of benzene rings is 1. The van der Waals surface area contributed by atoms with Crippen molar-refractivity contribution in [2.45, 2.75) is 26.8 Å². The van der Waals surface area contributed by atoms with Gasteiger partial charge in [0.1, 0.15) is 11.3 Å². The van der Waals surface area contributed by atoms with E-state index >= 15 is 0 Å². The maximum atomic E-state index is 4.73. The summed E-state index contributed by atoms with van der Waals surface area (Å²) < 4.78 is 1.82. The van der Waals surface area contributed by atoms with Gasteiger partial charge < -0.3 is 10.3 Å². The Bertz CT molecular complexity index is 1040. The number of anilines is 1. The van der Waals surface area contributed by atoms with E-state index in [9.17, 15) is 0 Å². The first-order valence-electron chi connectivity index (χ1n) is 9.24. The topological polar surface area (TPSA) is 71.4 Å². The predicted molar refractivity (Wildman–Crippen MR) is 108 cm³/mol. The highest BCUT2D eigenvalue weighted by Crippen LogP contribution is 2.22. The molecule has 2 N–H and O–H groups in total. The van der Waals surface area contributed by atoms with Gasteiger partial charge in [-0.05, 0) is 23.1 Å². The number of aromatic amines is 1. The lowest BCUT2D eigenvalue weighted by Crippen LogP contribution is -2.00. The van der Waals surface area contributed by atoms with Gasteiger partial charge in [-0.2, -0.15) is 5.10 Å². The molecule has 6 nitrogen and oxygen atoms in total. The van der Waals surface area contributed by atoms with E-state index in [1.165, 1.54) is 11.1 Å². The number of nitrogens with one attached hydrogen (secondary N) is 2. The molecule has 0 radical (unpaired) electrons. The Hall–Kier alpha value is -3.15. The number of pyridine rings is 1. The average molecular weight is 360 g/mol. The minimum atomic E-state index is 0.556. The van der Waals surface area contributed by atoms with E-state index in [1.807, 2.05) is 36.4 Å². The molecule has 6 heteroatoms. The van der Waals surface area contributed by atoms with Crippen molar-refractivity contribution in [1.29, 1.82) is 0 Å². The molecule has 0 aliphatic heterocycles. The van der Waals surface area contributed by atoms with Crippen LogP contribution < -0.4 is 5.32 Å². The van der Waals surface area contributed by atoms with Crippen LogP contribution in [-0.4, -0.2) is 24.7 Å². The van der Waals surface area contributed by atoms with Crippen molar-refractivity contribution < 1.29 is 0 Å². The highest BCUT2D eigenvalue weighted by atomic mass is 15.2. The summed E-state index contributed by atoms with van der Waals surface area (Å²) >= 11 is 0. The highest BCUT2D eigenvalue weighted by molar-refractivity contribution is 5.85. The molecule has 3 heterocycles. The minimum absolute atomic E-state index is 0.556. The van der Waals surface area contributed by atoms with E-state index in [1.54, 1.807) is 0 Å². The summed E-state index contributed by atoms with van der Waals surface area (Å²) in [6, 6.07) is 10.5. The Kier molecular flexibility index (Phi) is 4.62. The Morgan fingerprint density at radius 1 is 1.11 bits per heavy atom. The third kappa shape index (κ3) is 3.84. The van der Waals surface area contributed by atoms with Gasteiger partial charge in [0.25, 0.3) is 0 Å². The lowest BCUT2D eigenvalue weighted by Gasteiger charge is -2.07. The molecule has 0 saturated carbocycles. The molecule has 0 aliphatic rings. The van der Waals surface area contributed by atoms with Crippen LogP contribution in [0.3, 0.4) is 0 Å². The summed E-state index contributed by atoms with van der Waals surface area (Å²) in [6.45, 7) is 5.11. The van der Waals surface area contributed by atoms with Gasteiger partial charge in [-0.15, -0.1) is 0 Å². The molecule has 3 aromatic heterocycles. The molecule has 0 atom stereocenters. The molecule has 138 valence electrons. The quantitative estimate of drug-likeness (QED) is 0.541. The fraction of sp³-hybridized carbons (Fsp3) is 0.286. The Morgan fingerprint density at radius 2 is 1.93 bits per heavy atom. The fourth-order valence-electron chi connectivity index (χ4n) is 3.17. The third-order valence-corrected chi connectivity index (χ3v) is 4.51. The number of hydrogen-bond acceptors (Lipinski definition) is 4. The summed E-state index contributed by atoms with van der Waals surface area (Å²) in [5.41, 5.74) is 6.25. The Labute approximate surface area is 158 Å². The second-order valence-corrected chi connectivity index (χ2v) is 7.29. The van der Waals surface area contributed by atoms with Crippen molar-refractivity contribution in [3.63, 3.8) is 0 Å². The minimum Gasteiger partial charge on any atom is -0.379 e. The van der Waals surface area contributed by atoms with E-state index in [-0.39, 0.29) is 0 Å². The first kappa shape index (κ1) is 17.3. The third-order valence-electron chi connectivity index (χ3n) is 4.51. The largest absolute Gasteiger partial charge is 0.379 e. The number of aromatic nitrogens is 5. The fourth-order valence-corrected chi connectivity index (χ4v) is 3.17. The van der Waals surface area contributed by atoms with Crippen LogP contribution in [0.1, 0.15) is 25.2 Å². The van der Waals surface area contributed by atoms with Crippen molar-refractivity contribution >= 4 is 16.9 Å². The van der Waals surface area contributed by atoms with E-state index < -0.39 is 0 Å².